The summed E-state index contributed by atoms with van der Waals surface area (Å²) in [6, 6.07) is 33.7. The average molecular weight is 661 g/mol. The lowest BCUT2D eigenvalue weighted by Gasteiger charge is -2.23. The molecule has 1 heterocycles. The molecule has 0 fully saturated rings. The van der Waals surface area contributed by atoms with E-state index in [1.54, 1.807) is 0 Å². The molecule has 0 spiro atoms. The number of nitrogens with zero attached hydrogens (tertiary/aromatic N) is 2. The molecule has 4 aromatic carbocycles. The minimum Gasteiger partial charge on any atom is -0.489 e. The van der Waals surface area contributed by atoms with Crippen molar-refractivity contribution < 1.29 is 32.6 Å². The Labute approximate surface area is 276 Å². The number of alkyl halides is 3. The molecule has 5 aromatic rings. The lowest BCUT2D eigenvalue weighted by molar-refractivity contribution is -0.192. The van der Waals surface area contributed by atoms with Crippen molar-refractivity contribution in [2.24, 2.45) is 5.73 Å². The van der Waals surface area contributed by atoms with Crippen molar-refractivity contribution in [3.8, 4) is 5.75 Å². The van der Waals surface area contributed by atoms with Gasteiger partial charge in [0.1, 0.15) is 29.6 Å². The average Bonchev–Trinajstić information content (AvgIpc) is 3.40. The Balaban J connectivity index is 0.000000671. The van der Waals surface area contributed by atoms with Gasteiger partial charge in [-0.05, 0) is 59.2 Å². The summed E-state index contributed by atoms with van der Waals surface area (Å²) in [5.41, 5.74) is 12.1. The number of hydrogen-bond acceptors (Lipinski definition) is 4. The van der Waals surface area contributed by atoms with Crippen LogP contribution in [0.2, 0.25) is 0 Å². The van der Waals surface area contributed by atoms with Crippen LogP contribution < -0.4 is 20.3 Å². The number of nitrogens with two attached hydrogens (primary N) is 1. The minimum absolute atomic E-state index is 0.0127. The monoisotopic (exact) mass is 660 g/mol. The second kappa shape index (κ2) is 14.9. The summed E-state index contributed by atoms with van der Waals surface area (Å²) in [6.45, 7) is 1.34. The smallest absolute Gasteiger partial charge is 0.489 e. The van der Waals surface area contributed by atoms with E-state index in [1.165, 1.54) is 5.69 Å². The van der Waals surface area contributed by atoms with Gasteiger partial charge in [0, 0.05) is 29.6 Å². The number of rotatable bonds is 10. The summed E-state index contributed by atoms with van der Waals surface area (Å²) in [5.74, 6) is -2.17. The molecule has 250 valence electrons. The van der Waals surface area contributed by atoms with Gasteiger partial charge in [-0.15, -0.1) is 0 Å². The minimum atomic E-state index is -5.08. The number of amidine groups is 1. The van der Waals surface area contributed by atoms with Crippen LogP contribution in [-0.4, -0.2) is 54.7 Å². The zero-order valence-electron chi connectivity index (χ0n) is 26.7. The Morgan fingerprint density at radius 1 is 0.875 bits per heavy atom. The van der Waals surface area contributed by atoms with Crippen LogP contribution in [-0.2, 0) is 24.5 Å². The predicted octanol–water partition coefficient (Wildman–Crippen LogP) is 6.31. The van der Waals surface area contributed by atoms with Crippen LogP contribution in [0.5, 0.6) is 5.75 Å². The molecule has 9 nitrogen and oxygen atoms in total. The van der Waals surface area contributed by atoms with Crippen molar-refractivity contribution >= 4 is 34.3 Å². The van der Waals surface area contributed by atoms with Crippen molar-refractivity contribution in [2.75, 3.05) is 21.1 Å². The maximum atomic E-state index is 13.6. The number of fused-ring (bicyclic) bond motifs is 1. The molecule has 0 aliphatic rings. The molecule has 0 atom stereocenters. The van der Waals surface area contributed by atoms with E-state index in [9.17, 15) is 18.0 Å². The van der Waals surface area contributed by atoms with Crippen LogP contribution in [0.1, 0.15) is 32.7 Å². The quantitative estimate of drug-likeness (QED) is 0.0793. The fourth-order valence-electron chi connectivity index (χ4n) is 4.79. The van der Waals surface area contributed by atoms with Crippen LogP contribution in [0.3, 0.4) is 0 Å². The molecule has 48 heavy (non-hydrogen) atoms. The molecule has 0 saturated heterocycles. The van der Waals surface area contributed by atoms with Gasteiger partial charge < -0.3 is 25.5 Å². The summed E-state index contributed by atoms with van der Waals surface area (Å²) in [4.78, 5) is 22.5. The van der Waals surface area contributed by atoms with E-state index in [-0.39, 0.29) is 11.7 Å². The first kappa shape index (κ1) is 35.2. The van der Waals surface area contributed by atoms with Crippen LogP contribution >= 0.6 is 0 Å². The normalized spacial score (nSPS) is 11.4. The maximum Gasteiger partial charge on any atom is 0.490 e. The van der Waals surface area contributed by atoms with Gasteiger partial charge in [-0.2, -0.15) is 13.2 Å². The van der Waals surface area contributed by atoms with Crippen LogP contribution in [0.25, 0.3) is 10.9 Å². The van der Waals surface area contributed by atoms with E-state index in [4.69, 9.17) is 25.8 Å². The maximum absolute atomic E-state index is 13.6. The summed E-state index contributed by atoms with van der Waals surface area (Å²) in [5, 5.41) is 19.0. The predicted molar refractivity (Wildman–Crippen MR) is 180 cm³/mol. The molecular weight excluding hydrogens is 623 g/mol. The third-order valence-electron chi connectivity index (χ3n) is 7.34. The molecule has 12 heteroatoms. The van der Waals surface area contributed by atoms with Gasteiger partial charge in [-0.1, -0.05) is 60.7 Å². The van der Waals surface area contributed by atoms with Crippen molar-refractivity contribution in [1.29, 1.82) is 5.41 Å². The highest BCUT2D eigenvalue weighted by Crippen LogP contribution is 2.27. The van der Waals surface area contributed by atoms with Gasteiger partial charge in [0.25, 0.3) is 5.91 Å². The molecule has 0 aliphatic heterocycles. The number of carbonyl (C=O) groups excluding carboxylic acids is 1. The van der Waals surface area contributed by atoms with Gasteiger partial charge in [0.05, 0.1) is 21.1 Å². The number of halogens is 3. The second-order valence-electron chi connectivity index (χ2n) is 11.9. The molecule has 5 N–H and O–H groups in total. The number of ether oxygens (including phenoxy) is 1. The standard InChI is InChI=1S/C34H35N5O2.C2HF3O2/c1-39(2,3)29-14-12-24(13-15-29)21-37-34(40)32-20-28-19-30(41-23-25-8-5-4-6-9-25)16-17-31(28)38(32)22-26-10-7-11-27(18-26)33(35)36;3-2(4,5)1(6)7/h4-20H,21-23H2,1-3H3,(H3-,35,36,37,40);(H,6,7)/p+1. The largest absolute Gasteiger partial charge is 0.490 e. The van der Waals surface area contributed by atoms with Gasteiger partial charge in [-0.25, -0.2) is 4.79 Å². The summed E-state index contributed by atoms with van der Waals surface area (Å²) in [7, 11) is 6.37. The number of nitrogens with one attached hydrogen (secondary N) is 2. The third kappa shape index (κ3) is 9.46. The summed E-state index contributed by atoms with van der Waals surface area (Å²) < 4.78 is 40.5. The number of amides is 1. The molecule has 1 amide bonds. The van der Waals surface area contributed by atoms with E-state index in [1.807, 2.05) is 83.4 Å². The number of quaternary nitrogens is 1. The van der Waals surface area contributed by atoms with Gasteiger partial charge in [-0.3, -0.25) is 14.7 Å². The van der Waals surface area contributed by atoms with E-state index >= 15 is 0 Å². The highest BCUT2D eigenvalue weighted by atomic mass is 19.4. The van der Waals surface area contributed by atoms with Crippen molar-refractivity contribution in [3.05, 3.63) is 131 Å². The lowest BCUT2D eigenvalue weighted by Crippen LogP contribution is -2.34. The number of benzene rings is 4. The summed E-state index contributed by atoms with van der Waals surface area (Å²) >= 11 is 0. The fourth-order valence-corrected chi connectivity index (χ4v) is 4.79. The SMILES string of the molecule is C[N+](C)(C)c1ccc(CNC(=O)c2cc3cc(OCc4ccccc4)ccc3n2Cc2cccc(C(=N)N)c2)cc1.O=C(O)C(F)(F)F. The molecule has 0 unspecified atom stereocenters. The van der Waals surface area contributed by atoms with Gasteiger partial charge >= 0.3 is 12.1 Å². The number of aliphatic carboxylic acids is 1. The van der Waals surface area contributed by atoms with Crippen LogP contribution in [0, 0.1) is 5.41 Å². The number of hydrogen-bond donors (Lipinski definition) is 4. The molecular formula is C36H37F3N5O4+. The highest BCUT2D eigenvalue weighted by molar-refractivity contribution is 5.99. The van der Waals surface area contributed by atoms with Crippen molar-refractivity contribution in [3.63, 3.8) is 0 Å². The lowest BCUT2D eigenvalue weighted by atomic mass is 10.1. The Bertz CT molecular complexity index is 1900. The zero-order chi connectivity index (χ0) is 35.1. The topological polar surface area (TPSA) is 130 Å². The number of carbonyl (C=O) groups is 2. The van der Waals surface area contributed by atoms with E-state index in [0.29, 0.717) is 31.0 Å². The zero-order valence-corrected chi connectivity index (χ0v) is 26.7. The first-order chi connectivity index (χ1) is 22.6. The Kier molecular flexibility index (Phi) is 10.9. The van der Waals surface area contributed by atoms with Gasteiger partial charge in [0.15, 0.2) is 0 Å². The van der Waals surface area contributed by atoms with E-state index < -0.39 is 12.1 Å². The van der Waals surface area contributed by atoms with E-state index in [0.717, 1.165) is 37.8 Å². The first-order valence-corrected chi connectivity index (χ1v) is 14.8. The molecule has 5 rings (SSSR count). The van der Waals surface area contributed by atoms with Gasteiger partial charge in [0.2, 0.25) is 0 Å². The number of carboxylic acid groups (broad SMARTS) is 1. The number of carboxylic acids is 1. The fraction of sp³-hybridized carbons (Fsp3) is 0.194. The highest BCUT2D eigenvalue weighted by Gasteiger charge is 2.38. The van der Waals surface area contributed by atoms with Crippen molar-refractivity contribution in [1.82, 2.24) is 14.4 Å². The first-order valence-electron chi connectivity index (χ1n) is 14.8. The molecule has 0 aliphatic carbocycles. The third-order valence-corrected chi connectivity index (χ3v) is 7.34. The Hall–Kier alpha value is -5.62. The van der Waals surface area contributed by atoms with Crippen LogP contribution in [0.15, 0.2) is 103 Å². The molecule has 0 radical (unpaired) electrons. The Morgan fingerprint density at radius 2 is 1.52 bits per heavy atom. The van der Waals surface area contributed by atoms with E-state index in [2.05, 4.69) is 50.7 Å². The Morgan fingerprint density at radius 3 is 2.12 bits per heavy atom. The number of nitrogen functional groups attached to an aromatic ring is 1. The molecule has 1 aromatic heterocycles. The number of aromatic nitrogens is 1. The summed E-state index contributed by atoms with van der Waals surface area (Å²) in [6.07, 6.45) is -5.08. The second-order valence-corrected chi connectivity index (χ2v) is 11.9. The van der Waals surface area contributed by atoms with Crippen molar-refractivity contribution in [2.45, 2.75) is 25.9 Å². The molecule has 0 bridgehead atoms. The van der Waals surface area contributed by atoms with Crippen LogP contribution in [0.4, 0.5) is 18.9 Å². The molecule has 0 saturated carbocycles.